The lowest BCUT2D eigenvalue weighted by Gasteiger charge is -2.10. The first-order valence-electron chi connectivity index (χ1n) is 10.8. The lowest BCUT2D eigenvalue weighted by atomic mass is 10.2. The molecule has 4 rings (SSSR count). The first-order valence-corrected chi connectivity index (χ1v) is 11.1. The molecule has 0 aliphatic rings. The van der Waals surface area contributed by atoms with Gasteiger partial charge >= 0.3 is 0 Å². The number of nitrogens with zero attached hydrogens (tertiary/aromatic N) is 3. The van der Waals surface area contributed by atoms with E-state index in [1.165, 1.54) is 17.0 Å². The molecule has 0 unspecified atom stereocenters. The van der Waals surface area contributed by atoms with Gasteiger partial charge in [0.05, 0.1) is 10.6 Å². The van der Waals surface area contributed by atoms with Gasteiger partial charge in [-0.15, -0.1) is 0 Å². The second-order valence-electron chi connectivity index (χ2n) is 7.63. The average molecular weight is 507 g/mol. The molecule has 0 atom stereocenters. The Morgan fingerprint density at radius 1 is 1.00 bits per heavy atom. The molecule has 0 bridgehead atoms. The van der Waals surface area contributed by atoms with Crippen LogP contribution >= 0.6 is 11.6 Å². The van der Waals surface area contributed by atoms with E-state index in [-0.39, 0.29) is 22.0 Å². The van der Waals surface area contributed by atoms with Gasteiger partial charge in [-0.1, -0.05) is 17.7 Å². The number of anilines is 1. The Morgan fingerprint density at radius 2 is 1.78 bits per heavy atom. The third-order valence-corrected chi connectivity index (χ3v) is 5.50. The molecule has 2 heterocycles. The Bertz CT molecular complexity index is 1420. The third-order valence-electron chi connectivity index (χ3n) is 5.19. The topological polar surface area (TPSA) is 132 Å². The molecule has 4 aromatic rings. The summed E-state index contributed by atoms with van der Waals surface area (Å²) in [5, 5.41) is 5.37. The number of imidazole rings is 1. The van der Waals surface area contributed by atoms with Crippen molar-refractivity contribution in [3.05, 3.63) is 107 Å². The minimum absolute atomic E-state index is 0.0144. The zero-order chi connectivity index (χ0) is 25.7. The third kappa shape index (κ3) is 5.56. The molecule has 9 nitrogen and oxygen atoms in total. The number of carbonyl (C=O) groups excluding carboxylic acids is 3. The number of aromatic nitrogens is 3. The second-order valence-corrected chi connectivity index (χ2v) is 8.04. The van der Waals surface area contributed by atoms with Crippen LogP contribution in [0.25, 0.3) is 5.69 Å². The standard InChI is InChI=1S/C25H20ClFN6O3/c26-20-13-15(27)4-9-19(20)24(35)32-17-5-7-18(8-6-17)33-14-31-21(22(33)23(28)34)25(36)30-12-10-16-3-1-2-11-29-16/h1-9,11,13-14H,10,12H2,(H2,28,34)(H,30,36)(H,32,35). The Balaban J connectivity index is 1.47. The Labute approximate surface area is 210 Å². The second kappa shape index (κ2) is 10.8. The SMILES string of the molecule is NC(=O)c1c(C(=O)NCCc2ccccn2)ncn1-c1ccc(NC(=O)c2ccc(F)cc2Cl)cc1. The molecule has 2 aromatic heterocycles. The number of nitrogens with two attached hydrogens (primary N) is 1. The van der Waals surface area contributed by atoms with E-state index < -0.39 is 23.5 Å². The van der Waals surface area contributed by atoms with Crippen LogP contribution in [0.15, 0.2) is 73.2 Å². The smallest absolute Gasteiger partial charge is 0.272 e. The average Bonchev–Trinajstić information content (AvgIpc) is 3.31. The minimum atomic E-state index is -0.828. The molecule has 0 fully saturated rings. The van der Waals surface area contributed by atoms with Crippen LogP contribution in [-0.4, -0.2) is 38.8 Å². The number of hydrogen-bond acceptors (Lipinski definition) is 5. The van der Waals surface area contributed by atoms with Crippen molar-refractivity contribution in [2.75, 3.05) is 11.9 Å². The van der Waals surface area contributed by atoms with Crippen LogP contribution in [0.4, 0.5) is 10.1 Å². The van der Waals surface area contributed by atoms with Gasteiger partial charge in [0.25, 0.3) is 17.7 Å². The molecular formula is C25H20ClFN6O3. The molecule has 0 spiro atoms. The molecule has 0 radical (unpaired) electrons. The van der Waals surface area contributed by atoms with Crippen molar-refractivity contribution in [1.29, 1.82) is 0 Å². The lowest BCUT2D eigenvalue weighted by molar-refractivity contribution is 0.0930. The highest BCUT2D eigenvalue weighted by Crippen LogP contribution is 2.21. The summed E-state index contributed by atoms with van der Waals surface area (Å²) in [4.78, 5) is 45.6. The molecule has 4 N–H and O–H groups in total. The van der Waals surface area contributed by atoms with Gasteiger partial charge in [-0.3, -0.25) is 23.9 Å². The minimum Gasteiger partial charge on any atom is -0.364 e. The fraction of sp³-hybridized carbons (Fsp3) is 0.0800. The van der Waals surface area contributed by atoms with Crippen molar-refractivity contribution in [3.8, 4) is 5.69 Å². The number of nitrogens with one attached hydrogen (secondary N) is 2. The van der Waals surface area contributed by atoms with Crippen molar-refractivity contribution < 1.29 is 18.8 Å². The largest absolute Gasteiger partial charge is 0.364 e. The maximum Gasteiger partial charge on any atom is 0.272 e. The Morgan fingerprint density at radius 3 is 2.44 bits per heavy atom. The predicted molar refractivity (Wildman–Crippen MR) is 132 cm³/mol. The zero-order valence-electron chi connectivity index (χ0n) is 18.7. The molecule has 0 saturated heterocycles. The van der Waals surface area contributed by atoms with E-state index >= 15 is 0 Å². The highest BCUT2D eigenvalue weighted by atomic mass is 35.5. The van der Waals surface area contributed by atoms with Crippen molar-refractivity contribution in [2.24, 2.45) is 5.73 Å². The number of rotatable bonds is 8. The molecule has 182 valence electrons. The molecular weight excluding hydrogens is 487 g/mol. The maximum absolute atomic E-state index is 13.2. The summed E-state index contributed by atoms with van der Waals surface area (Å²) >= 11 is 5.94. The van der Waals surface area contributed by atoms with Crippen LogP contribution in [0.3, 0.4) is 0 Å². The number of benzene rings is 2. The summed E-state index contributed by atoms with van der Waals surface area (Å²) in [6, 6.07) is 15.4. The van der Waals surface area contributed by atoms with Crippen molar-refractivity contribution in [3.63, 3.8) is 0 Å². The summed E-state index contributed by atoms with van der Waals surface area (Å²) in [5.41, 5.74) is 7.21. The normalized spacial score (nSPS) is 10.6. The molecule has 2 aromatic carbocycles. The maximum atomic E-state index is 13.2. The van der Waals surface area contributed by atoms with Gasteiger partial charge in [-0.2, -0.15) is 0 Å². The van der Waals surface area contributed by atoms with Crippen LogP contribution < -0.4 is 16.4 Å². The van der Waals surface area contributed by atoms with Gasteiger partial charge in [0.2, 0.25) is 0 Å². The van der Waals surface area contributed by atoms with Crippen LogP contribution in [0.2, 0.25) is 5.02 Å². The fourth-order valence-electron chi connectivity index (χ4n) is 3.46. The van der Waals surface area contributed by atoms with Gasteiger partial charge in [0.15, 0.2) is 5.69 Å². The fourth-order valence-corrected chi connectivity index (χ4v) is 3.71. The van der Waals surface area contributed by atoms with Crippen LogP contribution in [0, 0.1) is 5.82 Å². The molecule has 36 heavy (non-hydrogen) atoms. The lowest BCUT2D eigenvalue weighted by Crippen LogP contribution is -2.29. The highest BCUT2D eigenvalue weighted by molar-refractivity contribution is 6.34. The number of pyridine rings is 1. The Hall–Kier alpha value is -4.57. The van der Waals surface area contributed by atoms with Crippen molar-refractivity contribution in [2.45, 2.75) is 6.42 Å². The van der Waals surface area contributed by atoms with Gasteiger partial charge in [0, 0.05) is 36.2 Å². The molecule has 0 aliphatic carbocycles. The van der Waals surface area contributed by atoms with E-state index in [2.05, 4.69) is 20.6 Å². The molecule has 0 aliphatic heterocycles. The molecule has 0 saturated carbocycles. The van der Waals surface area contributed by atoms with E-state index in [4.69, 9.17) is 17.3 Å². The van der Waals surface area contributed by atoms with E-state index in [9.17, 15) is 18.8 Å². The van der Waals surface area contributed by atoms with E-state index in [1.807, 2.05) is 12.1 Å². The van der Waals surface area contributed by atoms with E-state index in [1.54, 1.807) is 36.5 Å². The van der Waals surface area contributed by atoms with Crippen LogP contribution in [0.1, 0.15) is 37.0 Å². The van der Waals surface area contributed by atoms with Gasteiger partial charge in [-0.05, 0) is 54.6 Å². The Kier molecular flexibility index (Phi) is 7.36. The number of hydrogen-bond donors (Lipinski definition) is 3. The van der Waals surface area contributed by atoms with Crippen LogP contribution in [-0.2, 0) is 6.42 Å². The summed E-state index contributed by atoms with van der Waals surface area (Å²) in [7, 11) is 0. The van der Waals surface area contributed by atoms with Crippen LogP contribution in [0.5, 0.6) is 0 Å². The first-order chi connectivity index (χ1) is 17.3. The number of halogens is 2. The summed E-state index contributed by atoms with van der Waals surface area (Å²) in [5.74, 6) is -2.44. The quantitative estimate of drug-likeness (QED) is 0.337. The summed E-state index contributed by atoms with van der Waals surface area (Å²) in [6.45, 7) is 0.299. The van der Waals surface area contributed by atoms with Crippen molar-refractivity contribution in [1.82, 2.24) is 19.9 Å². The molecule has 11 heteroatoms. The molecule has 3 amide bonds. The van der Waals surface area contributed by atoms with E-state index in [0.717, 1.165) is 17.8 Å². The number of primary amides is 1. The number of amides is 3. The summed E-state index contributed by atoms with van der Waals surface area (Å²) < 4.78 is 14.6. The van der Waals surface area contributed by atoms with E-state index in [0.29, 0.717) is 24.3 Å². The van der Waals surface area contributed by atoms with Crippen molar-refractivity contribution >= 4 is 35.0 Å². The highest BCUT2D eigenvalue weighted by Gasteiger charge is 2.23. The predicted octanol–water partition coefficient (Wildman–Crippen LogP) is 3.38. The first kappa shape index (κ1) is 24.6. The van der Waals surface area contributed by atoms with Gasteiger partial charge in [-0.25, -0.2) is 9.37 Å². The monoisotopic (exact) mass is 506 g/mol. The number of carbonyl (C=O) groups is 3. The zero-order valence-corrected chi connectivity index (χ0v) is 19.5. The van der Waals surface area contributed by atoms with Gasteiger partial charge < -0.3 is 16.4 Å². The summed E-state index contributed by atoms with van der Waals surface area (Å²) in [6.07, 6.45) is 3.49. The van der Waals surface area contributed by atoms with Gasteiger partial charge in [0.1, 0.15) is 17.8 Å².